The number of carbonyl (C=O) groups excluding carboxylic acids is 1. The van der Waals surface area contributed by atoms with Crippen molar-refractivity contribution in [1.82, 2.24) is 29.2 Å². The maximum absolute atomic E-state index is 12.8. The van der Waals surface area contributed by atoms with Gasteiger partial charge in [0.1, 0.15) is 5.65 Å². The van der Waals surface area contributed by atoms with E-state index in [1.807, 2.05) is 19.1 Å². The Morgan fingerprint density at radius 1 is 1.13 bits per heavy atom. The molecule has 0 fully saturated rings. The number of nitrogens with zero attached hydrogens (tertiary/aromatic N) is 6. The number of anilines is 1. The van der Waals surface area contributed by atoms with Gasteiger partial charge in [-0.25, -0.2) is 24.6 Å². The fraction of sp³-hybridized carbons (Fsp3) is 0.150. The molecule has 0 saturated heterocycles. The minimum absolute atomic E-state index is 0.0437. The van der Waals surface area contributed by atoms with Crippen LogP contribution in [-0.2, 0) is 0 Å². The van der Waals surface area contributed by atoms with Crippen LogP contribution in [0.5, 0.6) is 0 Å². The lowest BCUT2D eigenvalue weighted by Gasteiger charge is -2.19. The van der Waals surface area contributed by atoms with Crippen molar-refractivity contribution in [3.8, 4) is 22.6 Å². The Morgan fingerprint density at radius 3 is 2.52 bits per heavy atom. The lowest BCUT2D eigenvalue weighted by molar-refractivity contribution is -0.214. The molecule has 0 aliphatic rings. The zero-order valence-electron chi connectivity index (χ0n) is 16.4. The Labute approximate surface area is 174 Å². The standard InChI is InChI=1S/C20H16F3N7O/c1-12-8-25-18(26-9-12)15-6-14(13-4-3-5-24-10-13)7-17-27-16(11-30(15)17)28-19(31)29(2)20(21,22)23/h3-11H,1-2H3,(H,28,31). The zero-order valence-corrected chi connectivity index (χ0v) is 16.4. The average molecular weight is 427 g/mol. The quantitative estimate of drug-likeness (QED) is 0.497. The van der Waals surface area contributed by atoms with Crippen molar-refractivity contribution in [3.05, 3.63) is 60.8 Å². The minimum Gasteiger partial charge on any atom is -0.294 e. The molecule has 4 aromatic heterocycles. The number of pyridine rings is 2. The van der Waals surface area contributed by atoms with Crippen LogP contribution < -0.4 is 5.32 Å². The van der Waals surface area contributed by atoms with Gasteiger partial charge < -0.3 is 0 Å². The molecule has 11 heteroatoms. The molecular formula is C20H16F3N7O. The highest BCUT2D eigenvalue weighted by atomic mass is 19.4. The van der Waals surface area contributed by atoms with Crippen LogP contribution in [0.2, 0.25) is 0 Å². The average Bonchev–Trinajstić information content (AvgIpc) is 3.15. The molecule has 4 aromatic rings. The summed E-state index contributed by atoms with van der Waals surface area (Å²) < 4.78 is 40.0. The highest BCUT2D eigenvalue weighted by Crippen LogP contribution is 2.28. The van der Waals surface area contributed by atoms with E-state index in [4.69, 9.17) is 0 Å². The van der Waals surface area contributed by atoms with E-state index < -0.39 is 12.3 Å². The molecule has 4 heterocycles. The summed E-state index contributed by atoms with van der Waals surface area (Å²) in [5, 5.41) is 2.17. The molecule has 0 saturated carbocycles. The molecule has 31 heavy (non-hydrogen) atoms. The molecular weight excluding hydrogens is 411 g/mol. The summed E-state index contributed by atoms with van der Waals surface area (Å²) in [6, 6.07) is 5.85. The fourth-order valence-corrected chi connectivity index (χ4v) is 2.85. The van der Waals surface area contributed by atoms with Crippen LogP contribution in [0.1, 0.15) is 5.56 Å². The third-order valence-electron chi connectivity index (χ3n) is 4.49. The molecule has 0 aliphatic heterocycles. The van der Waals surface area contributed by atoms with E-state index in [-0.39, 0.29) is 10.7 Å². The predicted molar refractivity (Wildman–Crippen MR) is 107 cm³/mol. The molecule has 0 atom stereocenters. The first kappa shape index (κ1) is 20.3. The van der Waals surface area contributed by atoms with Crippen LogP contribution in [0, 0.1) is 6.92 Å². The number of nitrogens with one attached hydrogen (secondary N) is 1. The third kappa shape index (κ3) is 4.15. The lowest BCUT2D eigenvalue weighted by atomic mass is 10.1. The second kappa shape index (κ2) is 7.67. The van der Waals surface area contributed by atoms with Crippen molar-refractivity contribution in [2.24, 2.45) is 0 Å². The Morgan fingerprint density at radius 2 is 1.87 bits per heavy atom. The Bertz CT molecular complexity index is 1240. The highest BCUT2D eigenvalue weighted by Gasteiger charge is 2.38. The maximum Gasteiger partial charge on any atom is 0.488 e. The monoisotopic (exact) mass is 427 g/mol. The third-order valence-corrected chi connectivity index (χ3v) is 4.49. The fourth-order valence-electron chi connectivity index (χ4n) is 2.85. The van der Waals surface area contributed by atoms with Gasteiger partial charge in [-0.05, 0) is 36.2 Å². The van der Waals surface area contributed by atoms with Crippen LogP contribution in [-0.4, -0.2) is 48.6 Å². The molecule has 8 nitrogen and oxygen atoms in total. The molecule has 0 unspecified atom stereocenters. The van der Waals surface area contributed by atoms with E-state index in [9.17, 15) is 18.0 Å². The first-order valence-electron chi connectivity index (χ1n) is 9.06. The van der Waals surface area contributed by atoms with Crippen molar-refractivity contribution in [1.29, 1.82) is 0 Å². The molecule has 4 rings (SSSR count). The summed E-state index contributed by atoms with van der Waals surface area (Å²) in [7, 11) is 0.636. The van der Waals surface area contributed by atoms with Crippen LogP contribution in [0.15, 0.2) is 55.2 Å². The SMILES string of the molecule is Cc1cnc(-c2cc(-c3cccnc3)cc3nc(NC(=O)N(C)C(F)(F)F)cn23)nc1. The van der Waals surface area contributed by atoms with Crippen molar-refractivity contribution in [2.75, 3.05) is 12.4 Å². The summed E-state index contributed by atoms with van der Waals surface area (Å²) in [4.78, 5) is 28.6. The number of urea groups is 1. The number of fused-ring (bicyclic) bond motifs is 1. The molecule has 0 bridgehead atoms. The number of rotatable bonds is 3. The van der Waals surface area contributed by atoms with E-state index >= 15 is 0 Å². The van der Waals surface area contributed by atoms with Gasteiger partial charge in [0.2, 0.25) is 0 Å². The van der Waals surface area contributed by atoms with E-state index in [0.29, 0.717) is 24.2 Å². The first-order chi connectivity index (χ1) is 14.7. The Balaban J connectivity index is 1.82. The van der Waals surface area contributed by atoms with Crippen molar-refractivity contribution in [2.45, 2.75) is 13.2 Å². The van der Waals surface area contributed by atoms with E-state index in [2.05, 4.69) is 25.3 Å². The molecule has 0 aliphatic carbocycles. The van der Waals surface area contributed by atoms with E-state index in [1.54, 1.807) is 41.3 Å². The smallest absolute Gasteiger partial charge is 0.294 e. The van der Waals surface area contributed by atoms with Gasteiger partial charge in [-0.1, -0.05) is 6.07 Å². The summed E-state index contributed by atoms with van der Waals surface area (Å²) in [5.74, 6) is 0.349. The number of amides is 2. The Hall–Kier alpha value is -4.02. The summed E-state index contributed by atoms with van der Waals surface area (Å²) in [6.07, 6.45) is 3.24. The first-order valence-corrected chi connectivity index (χ1v) is 9.06. The molecule has 0 radical (unpaired) electrons. The van der Waals surface area contributed by atoms with Gasteiger partial charge in [-0.2, -0.15) is 0 Å². The summed E-state index contributed by atoms with van der Waals surface area (Å²) >= 11 is 0. The number of aryl methyl sites for hydroxylation is 1. The van der Waals surface area contributed by atoms with Crippen molar-refractivity contribution >= 4 is 17.5 Å². The molecule has 2 amide bonds. The van der Waals surface area contributed by atoms with Crippen LogP contribution in [0.3, 0.4) is 0 Å². The largest absolute Gasteiger partial charge is 0.488 e. The lowest BCUT2D eigenvalue weighted by Crippen LogP contribution is -2.42. The van der Waals surface area contributed by atoms with Crippen LogP contribution in [0.4, 0.5) is 23.8 Å². The van der Waals surface area contributed by atoms with Gasteiger partial charge in [0, 0.05) is 37.4 Å². The summed E-state index contributed by atoms with van der Waals surface area (Å²) in [5.41, 5.74) is 3.38. The number of imidazole rings is 1. The number of hydrogen-bond acceptors (Lipinski definition) is 5. The minimum atomic E-state index is -4.81. The second-order valence-corrected chi connectivity index (χ2v) is 6.77. The highest BCUT2D eigenvalue weighted by molar-refractivity contribution is 5.89. The maximum atomic E-state index is 12.8. The molecule has 1 N–H and O–H groups in total. The van der Waals surface area contributed by atoms with Gasteiger partial charge in [0.15, 0.2) is 11.6 Å². The number of halogens is 3. The van der Waals surface area contributed by atoms with Crippen LogP contribution in [0.25, 0.3) is 28.3 Å². The molecule has 0 aromatic carbocycles. The molecule has 0 spiro atoms. The second-order valence-electron chi connectivity index (χ2n) is 6.77. The van der Waals surface area contributed by atoms with Gasteiger partial charge in [0.05, 0.1) is 11.9 Å². The van der Waals surface area contributed by atoms with Gasteiger partial charge in [-0.15, -0.1) is 13.2 Å². The normalized spacial score (nSPS) is 11.5. The van der Waals surface area contributed by atoms with Gasteiger partial charge in [-0.3, -0.25) is 14.7 Å². The van der Waals surface area contributed by atoms with Gasteiger partial charge >= 0.3 is 12.3 Å². The van der Waals surface area contributed by atoms with Crippen LogP contribution >= 0.6 is 0 Å². The number of alkyl halides is 3. The number of hydrogen-bond donors (Lipinski definition) is 1. The number of aromatic nitrogens is 5. The van der Waals surface area contributed by atoms with E-state index in [1.165, 1.54) is 6.20 Å². The zero-order chi connectivity index (χ0) is 22.2. The summed E-state index contributed by atoms with van der Waals surface area (Å²) in [6.45, 7) is 1.85. The Kier molecular flexibility index (Phi) is 5.01. The van der Waals surface area contributed by atoms with E-state index in [0.717, 1.165) is 16.7 Å². The number of carbonyl (C=O) groups is 1. The van der Waals surface area contributed by atoms with Crippen molar-refractivity contribution in [3.63, 3.8) is 0 Å². The topological polar surface area (TPSA) is 88.3 Å². The predicted octanol–water partition coefficient (Wildman–Crippen LogP) is 4.15. The van der Waals surface area contributed by atoms with Crippen molar-refractivity contribution < 1.29 is 18.0 Å². The molecule has 158 valence electrons. The van der Waals surface area contributed by atoms with Gasteiger partial charge in [0.25, 0.3) is 0 Å².